The number of sulfone groups is 1. The van der Waals surface area contributed by atoms with Crippen molar-refractivity contribution in [3.8, 4) is 0 Å². The van der Waals surface area contributed by atoms with Gasteiger partial charge in [-0.05, 0) is 37.5 Å². The molecule has 5 nitrogen and oxygen atoms in total. The van der Waals surface area contributed by atoms with Gasteiger partial charge in [0, 0.05) is 25.9 Å². The smallest absolute Gasteiger partial charge is 0.191 e. The summed E-state index contributed by atoms with van der Waals surface area (Å²) in [7, 11) is -1.16. The van der Waals surface area contributed by atoms with Crippen LogP contribution in [0.5, 0.6) is 0 Å². The van der Waals surface area contributed by atoms with Gasteiger partial charge in [-0.25, -0.2) is 8.42 Å². The summed E-state index contributed by atoms with van der Waals surface area (Å²) in [5.74, 6) is 1.74. The first-order chi connectivity index (χ1) is 10.1. The van der Waals surface area contributed by atoms with Crippen molar-refractivity contribution < 1.29 is 8.42 Å². The van der Waals surface area contributed by atoms with Crippen molar-refractivity contribution >= 4 is 39.8 Å². The number of nitrogens with one attached hydrogen (secondary N) is 2. The van der Waals surface area contributed by atoms with Crippen LogP contribution in [0.2, 0.25) is 0 Å². The standard InChI is InChI=1S/C16H33N3O2S.HI/c1-13(10-11-22(5,20)21)19-15(17-4)18-12-16(2,3)14-8-6-7-9-14;/h13-14H,6-12H2,1-5H3,(H2,17,18,19);1H. The fourth-order valence-corrected chi connectivity index (χ4v) is 3.84. The summed E-state index contributed by atoms with van der Waals surface area (Å²) in [6.07, 6.45) is 7.21. The van der Waals surface area contributed by atoms with Crippen LogP contribution in [0.25, 0.3) is 0 Å². The maximum atomic E-state index is 11.2. The summed E-state index contributed by atoms with van der Waals surface area (Å²) in [4.78, 5) is 4.25. The van der Waals surface area contributed by atoms with E-state index in [9.17, 15) is 8.42 Å². The van der Waals surface area contributed by atoms with E-state index in [-0.39, 0.29) is 41.2 Å². The second-order valence-corrected chi connectivity index (χ2v) is 9.62. The molecule has 1 rings (SSSR count). The third-order valence-corrected chi connectivity index (χ3v) is 5.68. The van der Waals surface area contributed by atoms with E-state index in [4.69, 9.17) is 0 Å². The molecule has 23 heavy (non-hydrogen) atoms. The zero-order valence-corrected chi connectivity index (χ0v) is 18.3. The minimum atomic E-state index is -2.91. The molecule has 0 saturated heterocycles. The number of nitrogens with zero attached hydrogens (tertiary/aromatic N) is 1. The minimum Gasteiger partial charge on any atom is -0.356 e. The summed E-state index contributed by atoms with van der Waals surface area (Å²) in [5, 5.41) is 6.68. The molecule has 2 N–H and O–H groups in total. The van der Waals surface area contributed by atoms with Gasteiger partial charge in [-0.1, -0.05) is 26.7 Å². The molecule has 138 valence electrons. The second kappa shape index (κ2) is 10.1. The SMILES string of the molecule is CN=C(NCC(C)(C)C1CCCC1)NC(C)CCS(C)(=O)=O.I. The number of guanidine groups is 1. The molecule has 0 radical (unpaired) electrons. The van der Waals surface area contributed by atoms with Crippen LogP contribution in [0.3, 0.4) is 0 Å². The maximum Gasteiger partial charge on any atom is 0.191 e. The number of hydrogen-bond donors (Lipinski definition) is 2. The molecule has 1 atom stereocenters. The van der Waals surface area contributed by atoms with E-state index >= 15 is 0 Å². The molecule has 1 fully saturated rings. The van der Waals surface area contributed by atoms with Crippen molar-refractivity contribution in [2.24, 2.45) is 16.3 Å². The summed E-state index contributed by atoms with van der Waals surface area (Å²) in [6.45, 7) is 7.50. The van der Waals surface area contributed by atoms with Crippen molar-refractivity contribution in [3.63, 3.8) is 0 Å². The Morgan fingerprint density at radius 2 is 1.87 bits per heavy atom. The first-order valence-electron chi connectivity index (χ1n) is 8.29. The number of hydrogen-bond acceptors (Lipinski definition) is 3. The van der Waals surface area contributed by atoms with Gasteiger partial charge in [-0.3, -0.25) is 4.99 Å². The van der Waals surface area contributed by atoms with Crippen LogP contribution in [-0.4, -0.2) is 46.0 Å². The van der Waals surface area contributed by atoms with Gasteiger partial charge in [0.2, 0.25) is 0 Å². The minimum absolute atomic E-state index is 0. The lowest BCUT2D eigenvalue weighted by molar-refractivity contribution is 0.218. The maximum absolute atomic E-state index is 11.2. The van der Waals surface area contributed by atoms with Gasteiger partial charge < -0.3 is 10.6 Å². The van der Waals surface area contributed by atoms with E-state index in [2.05, 4.69) is 29.5 Å². The fraction of sp³-hybridized carbons (Fsp3) is 0.938. The van der Waals surface area contributed by atoms with E-state index in [1.54, 1.807) is 7.05 Å². The highest BCUT2D eigenvalue weighted by molar-refractivity contribution is 14.0. The van der Waals surface area contributed by atoms with Crippen LogP contribution in [0.4, 0.5) is 0 Å². The molecule has 1 aliphatic rings. The normalized spacial score (nSPS) is 18.4. The molecule has 1 aliphatic carbocycles. The van der Waals surface area contributed by atoms with E-state index in [1.807, 2.05) is 6.92 Å². The molecule has 0 aliphatic heterocycles. The first kappa shape index (κ1) is 22.9. The largest absolute Gasteiger partial charge is 0.356 e. The summed E-state index contributed by atoms with van der Waals surface area (Å²) >= 11 is 0. The molecule has 1 saturated carbocycles. The predicted octanol–water partition coefficient (Wildman–Crippen LogP) is 2.81. The lowest BCUT2D eigenvalue weighted by atomic mass is 9.78. The molecule has 0 spiro atoms. The number of halogens is 1. The van der Waals surface area contributed by atoms with Gasteiger partial charge >= 0.3 is 0 Å². The summed E-state index contributed by atoms with van der Waals surface area (Å²) < 4.78 is 22.4. The average Bonchev–Trinajstić information content (AvgIpc) is 2.95. The van der Waals surface area contributed by atoms with Gasteiger partial charge in [-0.2, -0.15) is 0 Å². The third kappa shape index (κ3) is 9.12. The van der Waals surface area contributed by atoms with Crippen molar-refractivity contribution in [1.29, 1.82) is 0 Å². The molecular weight excluding hydrogens is 425 g/mol. The van der Waals surface area contributed by atoms with E-state index in [0.717, 1.165) is 18.4 Å². The van der Waals surface area contributed by atoms with Crippen LogP contribution in [0.1, 0.15) is 52.9 Å². The molecule has 0 aromatic heterocycles. The average molecular weight is 459 g/mol. The summed E-state index contributed by atoms with van der Waals surface area (Å²) in [6, 6.07) is 0.0792. The zero-order chi connectivity index (χ0) is 16.8. The molecule has 1 unspecified atom stereocenters. The third-order valence-electron chi connectivity index (χ3n) is 4.70. The van der Waals surface area contributed by atoms with Crippen LogP contribution in [0.15, 0.2) is 4.99 Å². The fourth-order valence-electron chi connectivity index (χ4n) is 3.05. The van der Waals surface area contributed by atoms with E-state index in [0.29, 0.717) is 6.42 Å². The van der Waals surface area contributed by atoms with Gasteiger partial charge in [-0.15, -0.1) is 24.0 Å². The van der Waals surface area contributed by atoms with Crippen LogP contribution >= 0.6 is 24.0 Å². The predicted molar refractivity (Wildman–Crippen MR) is 109 cm³/mol. The van der Waals surface area contributed by atoms with Crippen molar-refractivity contribution in [1.82, 2.24) is 10.6 Å². The Kier molecular flexibility index (Phi) is 10.0. The molecular formula is C16H34IN3O2S. The Morgan fingerprint density at radius 1 is 1.30 bits per heavy atom. The van der Waals surface area contributed by atoms with E-state index in [1.165, 1.54) is 31.9 Å². The van der Waals surface area contributed by atoms with Gasteiger partial charge in [0.1, 0.15) is 9.84 Å². The van der Waals surface area contributed by atoms with Crippen LogP contribution in [0, 0.1) is 11.3 Å². The Bertz CT molecular complexity index is 472. The lowest BCUT2D eigenvalue weighted by Crippen LogP contribution is -2.47. The lowest BCUT2D eigenvalue weighted by Gasteiger charge is -2.32. The number of aliphatic imine (C=N–C) groups is 1. The monoisotopic (exact) mass is 459 g/mol. The molecule has 0 heterocycles. The molecule has 7 heteroatoms. The molecule has 0 aromatic carbocycles. The highest BCUT2D eigenvalue weighted by Gasteiger charge is 2.31. The Morgan fingerprint density at radius 3 is 2.35 bits per heavy atom. The highest BCUT2D eigenvalue weighted by atomic mass is 127. The topological polar surface area (TPSA) is 70.6 Å². The second-order valence-electron chi connectivity index (χ2n) is 7.36. The number of rotatable bonds is 7. The quantitative estimate of drug-likeness (QED) is 0.349. The highest BCUT2D eigenvalue weighted by Crippen LogP contribution is 2.38. The van der Waals surface area contributed by atoms with Gasteiger partial charge in [0.05, 0.1) is 5.75 Å². The molecule has 0 bridgehead atoms. The summed E-state index contributed by atoms with van der Waals surface area (Å²) in [5.41, 5.74) is 0.254. The van der Waals surface area contributed by atoms with Crippen molar-refractivity contribution in [3.05, 3.63) is 0 Å². The molecule has 0 amide bonds. The van der Waals surface area contributed by atoms with Crippen molar-refractivity contribution in [2.75, 3.05) is 25.6 Å². The Labute approximate surface area is 159 Å². The van der Waals surface area contributed by atoms with Crippen molar-refractivity contribution in [2.45, 2.75) is 58.9 Å². The molecule has 0 aromatic rings. The van der Waals surface area contributed by atoms with E-state index < -0.39 is 9.84 Å². The Balaban J connectivity index is 0.00000484. The van der Waals surface area contributed by atoms with Gasteiger partial charge in [0.25, 0.3) is 0 Å². The first-order valence-corrected chi connectivity index (χ1v) is 10.3. The van der Waals surface area contributed by atoms with Crippen LogP contribution < -0.4 is 10.6 Å². The van der Waals surface area contributed by atoms with Crippen LogP contribution in [-0.2, 0) is 9.84 Å². The van der Waals surface area contributed by atoms with Gasteiger partial charge in [0.15, 0.2) is 5.96 Å². The Hall–Kier alpha value is -0.0500. The zero-order valence-electron chi connectivity index (χ0n) is 15.2.